The summed E-state index contributed by atoms with van der Waals surface area (Å²) in [6.45, 7) is 2.08. The van der Waals surface area contributed by atoms with Crippen LogP contribution in [-0.2, 0) is 4.79 Å². The van der Waals surface area contributed by atoms with Crippen molar-refractivity contribution in [2.24, 2.45) is 11.8 Å². The van der Waals surface area contributed by atoms with Gasteiger partial charge in [-0.1, -0.05) is 19.8 Å². The first-order valence-electron chi connectivity index (χ1n) is 3.98. The number of aliphatic carboxylic acids is 1. The lowest BCUT2D eigenvalue weighted by molar-refractivity contribution is -0.142. The lowest BCUT2D eigenvalue weighted by Crippen LogP contribution is -2.17. The van der Waals surface area contributed by atoms with E-state index >= 15 is 0 Å². The molecule has 2 nitrogen and oxygen atoms in total. The van der Waals surface area contributed by atoms with Crippen molar-refractivity contribution in [1.82, 2.24) is 0 Å². The quantitative estimate of drug-likeness (QED) is 0.639. The zero-order valence-electron chi connectivity index (χ0n) is 6.34. The van der Waals surface area contributed by atoms with Crippen LogP contribution in [0.1, 0.15) is 32.6 Å². The first-order chi connectivity index (χ1) is 4.75. The van der Waals surface area contributed by atoms with Crippen LogP contribution < -0.4 is 0 Å². The summed E-state index contributed by atoms with van der Waals surface area (Å²) in [7, 11) is 0. The summed E-state index contributed by atoms with van der Waals surface area (Å²) >= 11 is 0. The predicted molar refractivity (Wildman–Crippen MR) is 38.8 cm³/mol. The molecule has 2 atom stereocenters. The van der Waals surface area contributed by atoms with Crippen LogP contribution in [0.25, 0.3) is 0 Å². The first kappa shape index (κ1) is 7.58. The van der Waals surface area contributed by atoms with Gasteiger partial charge < -0.3 is 5.11 Å². The second kappa shape index (κ2) is 3.04. The molecule has 1 rings (SSSR count). The summed E-state index contributed by atoms with van der Waals surface area (Å²) in [5.41, 5.74) is 0. The third-order valence-corrected chi connectivity index (χ3v) is 2.50. The first-order valence-corrected chi connectivity index (χ1v) is 3.98. The van der Waals surface area contributed by atoms with Crippen LogP contribution in [0.2, 0.25) is 0 Å². The Morgan fingerprint density at radius 3 is 2.70 bits per heavy atom. The maximum absolute atomic E-state index is 10.6. The van der Waals surface area contributed by atoms with E-state index in [0.29, 0.717) is 5.92 Å². The molecule has 1 fully saturated rings. The van der Waals surface area contributed by atoms with Crippen LogP contribution in [0, 0.1) is 11.8 Å². The SMILES string of the molecule is CC[C@@H]1CCC[C@H]1C(=O)O. The molecule has 10 heavy (non-hydrogen) atoms. The molecular weight excluding hydrogens is 128 g/mol. The van der Waals surface area contributed by atoms with Crippen molar-refractivity contribution in [3.8, 4) is 0 Å². The Morgan fingerprint density at radius 1 is 1.60 bits per heavy atom. The molecule has 1 N–H and O–H groups in total. The van der Waals surface area contributed by atoms with Crippen LogP contribution in [0.15, 0.2) is 0 Å². The van der Waals surface area contributed by atoms with Gasteiger partial charge in [0.05, 0.1) is 5.92 Å². The van der Waals surface area contributed by atoms with Gasteiger partial charge in [-0.25, -0.2) is 0 Å². The number of hydrogen-bond donors (Lipinski definition) is 1. The molecule has 0 radical (unpaired) electrons. The van der Waals surface area contributed by atoms with Crippen LogP contribution in [-0.4, -0.2) is 11.1 Å². The molecule has 0 amide bonds. The van der Waals surface area contributed by atoms with E-state index in [9.17, 15) is 4.79 Å². The molecule has 0 spiro atoms. The van der Waals surface area contributed by atoms with E-state index in [2.05, 4.69) is 6.92 Å². The third-order valence-electron chi connectivity index (χ3n) is 2.50. The van der Waals surface area contributed by atoms with Gasteiger partial charge in [-0.15, -0.1) is 0 Å². The highest BCUT2D eigenvalue weighted by atomic mass is 16.4. The van der Waals surface area contributed by atoms with E-state index in [1.807, 2.05) is 0 Å². The number of hydrogen-bond acceptors (Lipinski definition) is 1. The monoisotopic (exact) mass is 142 g/mol. The summed E-state index contributed by atoms with van der Waals surface area (Å²) in [4.78, 5) is 10.6. The molecule has 2 heteroatoms. The lowest BCUT2D eigenvalue weighted by atomic mass is 9.94. The Bertz CT molecular complexity index is 131. The largest absolute Gasteiger partial charge is 0.481 e. The van der Waals surface area contributed by atoms with Crippen molar-refractivity contribution in [3.63, 3.8) is 0 Å². The van der Waals surface area contributed by atoms with E-state index in [1.165, 1.54) is 0 Å². The van der Waals surface area contributed by atoms with Gasteiger partial charge in [0.15, 0.2) is 0 Å². The Morgan fingerprint density at radius 2 is 2.30 bits per heavy atom. The van der Waals surface area contributed by atoms with Gasteiger partial charge >= 0.3 is 5.97 Å². The predicted octanol–water partition coefficient (Wildman–Crippen LogP) is 1.90. The fourth-order valence-electron chi connectivity index (χ4n) is 1.85. The Balaban J connectivity index is 2.50. The maximum atomic E-state index is 10.6. The number of rotatable bonds is 2. The summed E-state index contributed by atoms with van der Waals surface area (Å²) in [5.74, 6) is -0.174. The number of carboxylic acids is 1. The number of carbonyl (C=O) groups is 1. The van der Waals surface area contributed by atoms with Gasteiger partial charge in [0.25, 0.3) is 0 Å². The van der Waals surface area contributed by atoms with Crippen LogP contribution in [0.3, 0.4) is 0 Å². The molecule has 0 aromatic carbocycles. The third kappa shape index (κ3) is 1.31. The van der Waals surface area contributed by atoms with Crippen LogP contribution in [0.5, 0.6) is 0 Å². The van der Waals surface area contributed by atoms with Gasteiger partial charge in [0.1, 0.15) is 0 Å². The van der Waals surface area contributed by atoms with Gasteiger partial charge in [-0.3, -0.25) is 4.79 Å². The van der Waals surface area contributed by atoms with Gasteiger partial charge in [0, 0.05) is 0 Å². The number of carboxylic acid groups (broad SMARTS) is 1. The molecule has 0 bridgehead atoms. The zero-order chi connectivity index (χ0) is 7.56. The minimum Gasteiger partial charge on any atom is -0.481 e. The fraction of sp³-hybridized carbons (Fsp3) is 0.875. The fourth-order valence-corrected chi connectivity index (χ4v) is 1.85. The smallest absolute Gasteiger partial charge is 0.306 e. The Labute approximate surface area is 61.2 Å². The van der Waals surface area contributed by atoms with Crippen LogP contribution in [0.4, 0.5) is 0 Å². The normalized spacial score (nSPS) is 32.5. The van der Waals surface area contributed by atoms with Crippen molar-refractivity contribution in [2.75, 3.05) is 0 Å². The molecule has 0 aromatic rings. The molecule has 0 aromatic heterocycles. The Kier molecular flexibility index (Phi) is 2.30. The highest BCUT2D eigenvalue weighted by Gasteiger charge is 2.30. The van der Waals surface area contributed by atoms with Crippen LogP contribution >= 0.6 is 0 Å². The van der Waals surface area contributed by atoms with Gasteiger partial charge in [-0.2, -0.15) is 0 Å². The van der Waals surface area contributed by atoms with E-state index < -0.39 is 5.97 Å². The molecule has 58 valence electrons. The minimum absolute atomic E-state index is 0.0370. The van der Waals surface area contributed by atoms with E-state index in [-0.39, 0.29) is 5.92 Å². The van der Waals surface area contributed by atoms with E-state index in [0.717, 1.165) is 25.7 Å². The topological polar surface area (TPSA) is 37.3 Å². The highest BCUT2D eigenvalue weighted by Crippen LogP contribution is 2.33. The van der Waals surface area contributed by atoms with E-state index in [1.54, 1.807) is 0 Å². The molecule has 0 unspecified atom stereocenters. The Hall–Kier alpha value is -0.530. The van der Waals surface area contributed by atoms with Crippen molar-refractivity contribution >= 4 is 5.97 Å². The van der Waals surface area contributed by atoms with Crippen molar-refractivity contribution < 1.29 is 9.90 Å². The highest BCUT2D eigenvalue weighted by molar-refractivity contribution is 5.70. The molecule has 0 aliphatic heterocycles. The van der Waals surface area contributed by atoms with Crippen molar-refractivity contribution in [3.05, 3.63) is 0 Å². The maximum Gasteiger partial charge on any atom is 0.306 e. The van der Waals surface area contributed by atoms with Crippen molar-refractivity contribution in [2.45, 2.75) is 32.6 Å². The zero-order valence-corrected chi connectivity index (χ0v) is 6.34. The average Bonchev–Trinajstić information content (AvgIpc) is 2.33. The summed E-state index contributed by atoms with van der Waals surface area (Å²) < 4.78 is 0. The average molecular weight is 142 g/mol. The summed E-state index contributed by atoms with van der Waals surface area (Å²) in [5, 5.41) is 8.71. The lowest BCUT2D eigenvalue weighted by Gasteiger charge is -2.11. The summed E-state index contributed by atoms with van der Waals surface area (Å²) in [6.07, 6.45) is 4.15. The van der Waals surface area contributed by atoms with Gasteiger partial charge in [-0.05, 0) is 18.8 Å². The molecule has 1 aliphatic rings. The second-order valence-corrected chi connectivity index (χ2v) is 3.04. The molecule has 1 aliphatic carbocycles. The molecular formula is C8H14O2. The van der Waals surface area contributed by atoms with Crippen molar-refractivity contribution in [1.29, 1.82) is 0 Å². The van der Waals surface area contributed by atoms with Gasteiger partial charge in [0.2, 0.25) is 0 Å². The van der Waals surface area contributed by atoms with E-state index in [4.69, 9.17) is 5.11 Å². The second-order valence-electron chi connectivity index (χ2n) is 3.04. The minimum atomic E-state index is -0.593. The molecule has 1 saturated carbocycles. The summed E-state index contributed by atoms with van der Waals surface area (Å²) in [6, 6.07) is 0. The molecule has 0 saturated heterocycles. The standard InChI is InChI=1S/C8H14O2/c1-2-6-4-3-5-7(6)8(9)10/h6-7H,2-5H2,1H3,(H,9,10)/t6-,7-/m1/s1. The molecule has 0 heterocycles.